The molecule has 1 N–H and O–H groups in total. The summed E-state index contributed by atoms with van der Waals surface area (Å²) in [7, 11) is 0. The van der Waals surface area contributed by atoms with Gasteiger partial charge in [0, 0.05) is 13.1 Å². The summed E-state index contributed by atoms with van der Waals surface area (Å²) in [6, 6.07) is 0. The molecule has 0 aliphatic carbocycles. The maximum Gasteiger partial charge on any atom is 0.410 e. The van der Waals surface area contributed by atoms with Crippen molar-refractivity contribution in [2.75, 3.05) is 32.8 Å². The largest absolute Gasteiger partial charge is 0.448 e. The van der Waals surface area contributed by atoms with Gasteiger partial charge in [0.1, 0.15) is 6.61 Å². The number of carbonyl (C=O) groups is 1. The van der Waals surface area contributed by atoms with Crippen LogP contribution in [-0.4, -0.2) is 43.8 Å². The van der Waals surface area contributed by atoms with E-state index < -0.39 is 0 Å². The number of amides is 1. The van der Waals surface area contributed by atoms with Crippen LogP contribution in [0, 0.1) is 0 Å². The summed E-state index contributed by atoms with van der Waals surface area (Å²) in [5.74, 6) is 0. The molecule has 0 aromatic carbocycles. The molecule has 0 bridgehead atoms. The van der Waals surface area contributed by atoms with Gasteiger partial charge in [-0.15, -0.1) is 0 Å². The highest BCUT2D eigenvalue weighted by atomic mass is 16.6. The Morgan fingerprint density at radius 3 is 3.15 bits per heavy atom. The standard InChI is InChI=1S/C9H14N2O2/c12-9-11(5-6-13-9)7-8-1-3-10-4-2-8/h1,10H,2-7H2. The van der Waals surface area contributed by atoms with Crippen molar-refractivity contribution in [2.24, 2.45) is 0 Å². The Hall–Kier alpha value is -1.03. The highest BCUT2D eigenvalue weighted by Gasteiger charge is 2.22. The molecule has 2 aliphatic rings. The second-order valence-corrected chi connectivity index (χ2v) is 3.35. The highest BCUT2D eigenvalue weighted by Crippen LogP contribution is 2.10. The fourth-order valence-electron chi connectivity index (χ4n) is 1.63. The third-order valence-corrected chi connectivity index (χ3v) is 2.40. The predicted octanol–water partition coefficient (Wildman–Crippen LogP) is 0.358. The van der Waals surface area contributed by atoms with Crippen LogP contribution in [0.3, 0.4) is 0 Å². The number of nitrogens with one attached hydrogen (secondary N) is 1. The van der Waals surface area contributed by atoms with Gasteiger partial charge in [-0.2, -0.15) is 0 Å². The number of nitrogens with zero attached hydrogens (tertiary/aromatic N) is 1. The lowest BCUT2D eigenvalue weighted by Crippen LogP contribution is -2.30. The van der Waals surface area contributed by atoms with E-state index in [9.17, 15) is 4.79 Å². The molecule has 72 valence electrons. The van der Waals surface area contributed by atoms with Crippen LogP contribution in [0.5, 0.6) is 0 Å². The molecule has 2 aliphatic heterocycles. The fourth-order valence-corrected chi connectivity index (χ4v) is 1.63. The number of cyclic esters (lactones) is 1. The molecule has 1 saturated heterocycles. The lowest BCUT2D eigenvalue weighted by molar-refractivity contribution is 0.160. The van der Waals surface area contributed by atoms with Crippen molar-refractivity contribution in [2.45, 2.75) is 6.42 Å². The van der Waals surface area contributed by atoms with E-state index in [1.807, 2.05) is 0 Å². The number of ether oxygens (including phenoxy) is 1. The van der Waals surface area contributed by atoms with Crippen LogP contribution in [0.2, 0.25) is 0 Å². The van der Waals surface area contributed by atoms with Gasteiger partial charge >= 0.3 is 6.09 Å². The van der Waals surface area contributed by atoms with Crippen molar-refractivity contribution in [1.29, 1.82) is 0 Å². The highest BCUT2D eigenvalue weighted by molar-refractivity contribution is 5.69. The van der Waals surface area contributed by atoms with Gasteiger partial charge < -0.3 is 15.0 Å². The lowest BCUT2D eigenvalue weighted by Gasteiger charge is -2.18. The molecule has 4 heteroatoms. The minimum absolute atomic E-state index is 0.167. The van der Waals surface area contributed by atoms with E-state index in [0.717, 1.165) is 32.6 Å². The van der Waals surface area contributed by atoms with E-state index in [1.54, 1.807) is 4.90 Å². The van der Waals surface area contributed by atoms with Crippen molar-refractivity contribution in [3.8, 4) is 0 Å². The number of hydrogen-bond donors (Lipinski definition) is 1. The molecule has 0 unspecified atom stereocenters. The summed E-state index contributed by atoms with van der Waals surface area (Å²) >= 11 is 0. The quantitative estimate of drug-likeness (QED) is 0.627. The van der Waals surface area contributed by atoms with Crippen LogP contribution in [-0.2, 0) is 4.74 Å². The third kappa shape index (κ3) is 2.01. The van der Waals surface area contributed by atoms with Gasteiger partial charge in [0.25, 0.3) is 0 Å². The molecule has 0 radical (unpaired) electrons. The van der Waals surface area contributed by atoms with Gasteiger partial charge in [-0.3, -0.25) is 0 Å². The minimum atomic E-state index is -0.167. The van der Waals surface area contributed by atoms with E-state index in [2.05, 4.69) is 11.4 Å². The zero-order chi connectivity index (χ0) is 9.10. The van der Waals surface area contributed by atoms with E-state index >= 15 is 0 Å². The third-order valence-electron chi connectivity index (χ3n) is 2.40. The van der Waals surface area contributed by atoms with Gasteiger partial charge in [0.2, 0.25) is 0 Å². The Labute approximate surface area is 77.5 Å². The Kier molecular flexibility index (Phi) is 2.49. The van der Waals surface area contributed by atoms with Crippen molar-refractivity contribution in [3.05, 3.63) is 11.6 Å². The lowest BCUT2D eigenvalue weighted by atomic mass is 10.1. The molecule has 1 fully saturated rings. The van der Waals surface area contributed by atoms with Gasteiger partial charge in [-0.05, 0) is 13.0 Å². The normalized spacial score (nSPS) is 22.9. The first-order chi connectivity index (χ1) is 6.36. The zero-order valence-electron chi connectivity index (χ0n) is 7.58. The smallest absolute Gasteiger partial charge is 0.410 e. The topological polar surface area (TPSA) is 41.6 Å². The molecule has 4 nitrogen and oxygen atoms in total. The van der Waals surface area contributed by atoms with Crippen LogP contribution < -0.4 is 5.32 Å². The molecule has 0 atom stereocenters. The van der Waals surface area contributed by atoms with Crippen LogP contribution in [0.15, 0.2) is 11.6 Å². The summed E-state index contributed by atoms with van der Waals surface area (Å²) < 4.78 is 4.85. The zero-order valence-corrected chi connectivity index (χ0v) is 7.58. The molecule has 0 aromatic rings. The molecule has 2 heterocycles. The van der Waals surface area contributed by atoms with E-state index in [-0.39, 0.29) is 6.09 Å². The maximum absolute atomic E-state index is 11.1. The van der Waals surface area contributed by atoms with Crippen molar-refractivity contribution >= 4 is 6.09 Å². The fraction of sp³-hybridized carbons (Fsp3) is 0.667. The van der Waals surface area contributed by atoms with E-state index in [0.29, 0.717) is 6.61 Å². The summed E-state index contributed by atoms with van der Waals surface area (Å²) in [6.07, 6.45) is 3.04. The summed E-state index contributed by atoms with van der Waals surface area (Å²) in [5.41, 5.74) is 1.35. The first-order valence-corrected chi connectivity index (χ1v) is 4.66. The average molecular weight is 182 g/mol. The summed E-state index contributed by atoms with van der Waals surface area (Å²) in [5, 5.41) is 3.24. The van der Waals surface area contributed by atoms with Crippen LogP contribution in [0.4, 0.5) is 4.79 Å². The number of hydrogen-bond acceptors (Lipinski definition) is 3. The van der Waals surface area contributed by atoms with Gasteiger partial charge in [0.15, 0.2) is 0 Å². The molecule has 0 aromatic heterocycles. The molecule has 0 saturated carbocycles. The SMILES string of the molecule is O=C1OCCN1CC1=CCNCC1. The first-order valence-electron chi connectivity index (χ1n) is 4.66. The van der Waals surface area contributed by atoms with Crippen molar-refractivity contribution in [1.82, 2.24) is 10.2 Å². The molecule has 1 amide bonds. The van der Waals surface area contributed by atoms with Gasteiger partial charge in [0.05, 0.1) is 6.54 Å². The first kappa shape index (κ1) is 8.56. The van der Waals surface area contributed by atoms with Crippen molar-refractivity contribution in [3.63, 3.8) is 0 Å². The van der Waals surface area contributed by atoms with Gasteiger partial charge in [-0.1, -0.05) is 11.6 Å². The predicted molar refractivity (Wildman–Crippen MR) is 48.5 cm³/mol. The van der Waals surface area contributed by atoms with Crippen molar-refractivity contribution < 1.29 is 9.53 Å². The Morgan fingerprint density at radius 2 is 2.54 bits per heavy atom. The van der Waals surface area contributed by atoms with Crippen LogP contribution in [0.25, 0.3) is 0 Å². The maximum atomic E-state index is 11.1. The minimum Gasteiger partial charge on any atom is -0.448 e. The monoisotopic (exact) mass is 182 g/mol. The van der Waals surface area contributed by atoms with Gasteiger partial charge in [-0.25, -0.2) is 4.79 Å². The molecule has 2 rings (SSSR count). The summed E-state index contributed by atoms with van der Waals surface area (Å²) in [4.78, 5) is 12.9. The number of rotatable bonds is 2. The molecular weight excluding hydrogens is 168 g/mol. The van der Waals surface area contributed by atoms with Crippen LogP contribution in [0.1, 0.15) is 6.42 Å². The van der Waals surface area contributed by atoms with Crippen LogP contribution >= 0.6 is 0 Å². The second-order valence-electron chi connectivity index (χ2n) is 3.35. The molecular formula is C9H14N2O2. The van der Waals surface area contributed by atoms with E-state index in [4.69, 9.17) is 4.74 Å². The molecule has 0 spiro atoms. The Bertz CT molecular complexity index is 238. The summed E-state index contributed by atoms with van der Waals surface area (Å²) in [6.45, 7) is 3.99. The Balaban J connectivity index is 1.89. The number of carbonyl (C=O) groups excluding carboxylic acids is 1. The average Bonchev–Trinajstić information content (AvgIpc) is 2.54. The molecule has 13 heavy (non-hydrogen) atoms. The Morgan fingerprint density at radius 1 is 1.62 bits per heavy atom. The van der Waals surface area contributed by atoms with E-state index in [1.165, 1.54) is 5.57 Å². The second kappa shape index (κ2) is 3.79.